The smallest absolute Gasteiger partial charge is 0.128 e. The molecule has 134 valence electrons. The third kappa shape index (κ3) is 3.00. The van der Waals surface area contributed by atoms with E-state index >= 15 is 0 Å². The summed E-state index contributed by atoms with van der Waals surface area (Å²) in [5.41, 5.74) is 4.57. The molecule has 0 aliphatic carbocycles. The van der Waals surface area contributed by atoms with Gasteiger partial charge in [-0.15, -0.1) is 0 Å². The molecule has 4 nitrogen and oxygen atoms in total. The average Bonchev–Trinajstić information content (AvgIpc) is 2.74. The third-order valence-electron chi connectivity index (χ3n) is 5.26. The van der Waals surface area contributed by atoms with E-state index in [9.17, 15) is 0 Å². The largest absolute Gasteiger partial charge is 0.492 e. The zero-order valence-corrected chi connectivity index (χ0v) is 16.8. The lowest BCUT2D eigenvalue weighted by Gasteiger charge is -2.40. The van der Waals surface area contributed by atoms with Crippen molar-refractivity contribution in [2.24, 2.45) is 11.0 Å². The van der Waals surface area contributed by atoms with E-state index in [-0.39, 0.29) is 11.8 Å². The molecule has 0 N–H and O–H groups in total. The molecule has 27 heavy (non-hydrogen) atoms. The fourth-order valence-corrected chi connectivity index (χ4v) is 4.59. The van der Waals surface area contributed by atoms with Gasteiger partial charge >= 0.3 is 0 Å². The minimum atomic E-state index is 0.224. The molecule has 2 aliphatic heterocycles. The molecule has 0 fully saturated rings. The van der Waals surface area contributed by atoms with E-state index in [2.05, 4.69) is 75.0 Å². The number of hydrazone groups is 1. The summed E-state index contributed by atoms with van der Waals surface area (Å²) in [6, 6.07) is 20.8. The van der Waals surface area contributed by atoms with Gasteiger partial charge < -0.3 is 4.74 Å². The van der Waals surface area contributed by atoms with Gasteiger partial charge in [0.2, 0.25) is 0 Å². The molecular weight excluding hydrogens is 449 g/mol. The number of ether oxygens (including phenoxy) is 1. The zero-order valence-electron chi connectivity index (χ0n) is 14.6. The van der Waals surface area contributed by atoms with Gasteiger partial charge in [-0.25, -0.2) is 0 Å². The van der Waals surface area contributed by atoms with Gasteiger partial charge in [-0.3, -0.25) is 9.99 Å². The molecule has 0 amide bonds. The Morgan fingerprint density at radius 3 is 2.67 bits per heavy atom. The van der Waals surface area contributed by atoms with Crippen molar-refractivity contribution in [3.05, 3.63) is 87.8 Å². The standard InChI is InChI=1S/C22H18IN3O/c23-19-8-2-3-9-20(19)26-13-17(15-6-5-11-24-12-15)18-14-27-21-10-4-1-7-16(21)22(18)25-26/h1-12,17-18H,13-14H2. The molecule has 5 rings (SSSR count). The maximum absolute atomic E-state index is 6.09. The SMILES string of the molecule is Ic1ccccc1N1CC(c2cccnc2)C2COc3ccccc3C2=N1. The summed E-state index contributed by atoms with van der Waals surface area (Å²) in [6.45, 7) is 1.46. The number of fused-ring (bicyclic) bond motifs is 3. The van der Waals surface area contributed by atoms with Crippen molar-refractivity contribution in [3.8, 4) is 5.75 Å². The molecular formula is C22H18IN3O. The molecule has 2 aromatic carbocycles. The monoisotopic (exact) mass is 467 g/mol. The van der Waals surface area contributed by atoms with E-state index in [0.717, 1.165) is 29.3 Å². The lowest BCUT2D eigenvalue weighted by atomic mass is 9.79. The van der Waals surface area contributed by atoms with E-state index in [1.807, 2.05) is 30.6 Å². The Morgan fingerprint density at radius 1 is 0.963 bits per heavy atom. The van der Waals surface area contributed by atoms with Gasteiger partial charge in [-0.1, -0.05) is 30.3 Å². The van der Waals surface area contributed by atoms with Crippen LogP contribution < -0.4 is 9.75 Å². The van der Waals surface area contributed by atoms with E-state index in [1.165, 1.54) is 9.13 Å². The van der Waals surface area contributed by atoms with Crippen LogP contribution >= 0.6 is 22.6 Å². The Morgan fingerprint density at radius 2 is 1.81 bits per heavy atom. The van der Waals surface area contributed by atoms with Gasteiger partial charge in [-0.2, -0.15) is 5.10 Å². The first kappa shape index (κ1) is 16.7. The fraction of sp³-hybridized carbons (Fsp3) is 0.182. The van der Waals surface area contributed by atoms with Gasteiger partial charge in [-0.05, 0) is 58.5 Å². The average molecular weight is 467 g/mol. The van der Waals surface area contributed by atoms with Crippen molar-refractivity contribution in [1.82, 2.24) is 4.98 Å². The lowest BCUT2D eigenvalue weighted by molar-refractivity contribution is 0.249. The summed E-state index contributed by atoms with van der Waals surface area (Å²) >= 11 is 2.38. The van der Waals surface area contributed by atoms with Crippen molar-refractivity contribution < 1.29 is 4.74 Å². The molecule has 0 saturated heterocycles. The van der Waals surface area contributed by atoms with E-state index in [1.54, 1.807) is 0 Å². The molecule has 0 saturated carbocycles. The van der Waals surface area contributed by atoms with Crippen LogP contribution in [-0.4, -0.2) is 23.8 Å². The topological polar surface area (TPSA) is 37.7 Å². The van der Waals surface area contributed by atoms with Crippen molar-refractivity contribution in [2.75, 3.05) is 18.2 Å². The Labute approximate surface area is 172 Å². The van der Waals surface area contributed by atoms with Crippen molar-refractivity contribution >= 4 is 34.0 Å². The number of rotatable bonds is 2. The zero-order chi connectivity index (χ0) is 18.2. The predicted octanol–water partition coefficient (Wildman–Crippen LogP) is 4.70. The van der Waals surface area contributed by atoms with Crippen LogP contribution in [0.25, 0.3) is 0 Å². The maximum atomic E-state index is 6.09. The van der Waals surface area contributed by atoms with Crippen LogP contribution in [0, 0.1) is 9.49 Å². The van der Waals surface area contributed by atoms with E-state index in [4.69, 9.17) is 9.84 Å². The number of nitrogens with zero attached hydrogens (tertiary/aromatic N) is 3. The van der Waals surface area contributed by atoms with Gasteiger partial charge in [0.25, 0.3) is 0 Å². The lowest BCUT2D eigenvalue weighted by Crippen LogP contribution is -2.44. The minimum Gasteiger partial charge on any atom is -0.492 e. The van der Waals surface area contributed by atoms with Crippen LogP contribution in [0.3, 0.4) is 0 Å². The highest BCUT2D eigenvalue weighted by Crippen LogP contribution is 2.40. The highest BCUT2D eigenvalue weighted by molar-refractivity contribution is 14.1. The van der Waals surface area contributed by atoms with Crippen LogP contribution in [0.15, 0.2) is 78.2 Å². The number of hydrogen-bond acceptors (Lipinski definition) is 4. The molecule has 2 atom stereocenters. The summed E-state index contributed by atoms with van der Waals surface area (Å²) in [5.74, 6) is 1.42. The quantitative estimate of drug-likeness (QED) is 0.513. The second kappa shape index (κ2) is 6.96. The summed E-state index contributed by atoms with van der Waals surface area (Å²) < 4.78 is 7.29. The van der Waals surface area contributed by atoms with Gasteiger partial charge in [0.1, 0.15) is 5.75 Å². The highest BCUT2D eigenvalue weighted by atomic mass is 127. The molecule has 0 spiro atoms. The summed E-state index contributed by atoms with van der Waals surface area (Å²) in [5, 5.41) is 7.24. The Balaban J connectivity index is 1.66. The van der Waals surface area contributed by atoms with Crippen molar-refractivity contribution in [2.45, 2.75) is 5.92 Å². The summed E-state index contributed by atoms with van der Waals surface area (Å²) in [4.78, 5) is 4.36. The predicted molar refractivity (Wildman–Crippen MR) is 115 cm³/mol. The number of hydrogen-bond donors (Lipinski definition) is 0. The van der Waals surface area contributed by atoms with Crippen LogP contribution in [0.5, 0.6) is 5.75 Å². The number of para-hydroxylation sites is 2. The van der Waals surface area contributed by atoms with Gasteiger partial charge in [0.15, 0.2) is 0 Å². The Hall–Kier alpha value is -2.41. The molecule has 2 aliphatic rings. The van der Waals surface area contributed by atoms with Crippen LogP contribution in [0.1, 0.15) is 17.0 Å². The van der Waals surface area contributed by atoms with Gasteiger partial charge in [0.05, 0.1) is 18.0 Å². The van der Waals surface area contributed by atoms with Crippen LogP contribution in [0.2, 0.25) is 0 Å². The normalized spacial score (nSPS) is 20.9. The second-order valence-corrected chi connectivity index (χ2v) is 7.99. The first-order valence-corrected chi connectivity index (χ1v) is 10.1. The first-order valence-electron chi connectivity index (χ1n) is 9.04. The van der Waals surface area contributed by atoms with Gasteiger partial charge in [0, 0.05) is 39.9 Å². The third-order valence-corrected chi connectivity index (χ3v) is 6.17. The molecule has 5 heteroatoms. The molecule has 0 bridgehead atoms. The van der Waals surface area contributed by atoms with Crippen LogP contribution in [-0.2, 0) is 0 Å². The second-order valence-electron chi connectivity index (χ2n) is 6.83. The molecule has 3 aromatic rings. The summed E-state index contributed by atoms with van der Waals surface area (Å²) in [6.07, 6.45) is 3.80. The maximum Gasteiger partial charge on any atom is 0.128 e. The molecule has 3 heterocycles. The number of anilines is 1. The van der Waals surface area contributed by atoms with Crippen LogP contribution in [0.4, 0.5) is 5.69 Å². The van der Waals surface area contributed by atoms with Crippen molar-refractivity contribution in [3.63, 3.8) is 0 Å². The number of pyridine rings is 1. The first-order chi connectivity index (χ1) is 13.3. The Bertz CT molecular complexity index is 1010. The Kier molecular flexibility index (Phi) is 4.32. The number of halogens is 1. The number of aromatic nitrogens is 1. The van der Waals surface area contributed by atoms with Crippen molar-refractivity contribution in [1.29, 1.82) is 0 Å². The highest BCUT2D eigenvalue weighted by Gasteiger charge is 2.39. The summed E-state index contributed by atoms with van der Waals surface area (Å²) in [7, 11) is 0. The molecule has 0 radical (unpaired) electrons. The molecule has 1 aromatic heterocycles. The fourth-order valence-electron chi connectivity index (χ4n) is 3.93. The molecule has 2 unspecified atom stereocenters. The minimum absolute atomic E-state index is 0.224. The van der Waals surface area contributed by atoms with E-state index in [0.29, 0.717) is 6.61 Å². The number of benzene rings is 2. The van der Waals surface area contributed by atoms with E-state index < -0.39 is 0 Å².